The minimum atomic E-state index is -0.969. The van der Waals surface area contributed by atoms with E-state index in [-0.39, 0.29) is 12.2 Å². The summed E-state index contributed by atoms with van der Waals surface area (Å²) in [7, 11) is 0. The van der Waals surface area contributed by atoms with Crippen LogP contribution in [0.4, 0.5) is 0 Å². The van der Waals surface area contributed by atoms with Gasteiger partial charge in [0, 0.05) is 5.02 Å². The molecule has 0 saturated carbocycles. The Morgan fingerprint density at radius 1 is 1.13 bits per heavy atom. The lowest BCUT2D eigenvalue weighted by molar-refractivity contribution is 0.0697. The maximum atomic E-state index is 10.8. The van der Waals surface area contributed by atoms with Gasteiger partial charge in [0.25, 0.3) is 0 Å². The van der Waals surface area contributed by atoms with Crippen molar-refractivity contribution in [3.05, 3.63) is 63.9 Å². The molecule has 0 aliphatic carbocycles. The number of nitrogens with zero attached hydrogens (tertiary/aromatic N) is 2. The first-order valence-corrected chi connectivity index (χ1v) is 7.35. The van der Waals surface area contributed by atoms with Gasteiger partial charge in [-0.1, -0.05) is 35.3 Å². The molecule has 116 valence electrons. The van der Waals surface area contributed by atoms with E-state index in [2.05, 4.69) is 9.97 Å². The highest BCUT2D eigenvalue weighted by atomic mass is 35.5. The predicted octanol–water partition coefficient (Wildman–Crippen LogP) is 4.21. The van der Waals surface area contributed by atoms with Crippen molar-refractivity contribution in [1.29, 1.82) is 0 Å². The summed E-state index contributed by atoms with van der Waals surface area (Å²) in [6.45, 7) is 0.232. The molecule has 0 spiro atoms. The van der Waals surface area contributed by atoms with E-state index >= 15 is 0 Å². The first-order valence-electron chi connectivity index (χ1n) is 6.59. The molecule has 0 radical (unpaired) electrons. The lowest BCUT2D eigenvalue weighted by Gasteiger charge is -2.09. The maximum absolute atomic E-state index is 10.8. The van der Waals surface area contributed by atoms with Crippen LogP contribution in [0.5, 0.6) is 5.88 Å². The average Bonchev–Trinajstić information content (AvgIpc) is 2.53. The molecule has 2 aromatic carbocycles. The molecule has 1 N–H and O–H groups in total. The minimum absolute atomic E-state index is 0.222. The van der Waals surface area contributed by atoms with Gasteiger partial charge in [-0.05, 0) is 29.8 Å². The van der Waals surface area contributed by atoms with E-state index < -0.39 is 5.97 Å². The second-order valence-corrected chi connectivity index (χ2v) is 5.60. The highest BCUT2D eigenvalue weighted by Crippen LogP contribution is 2.31. The zero-order valence-electron chi connectivity index (χ0n) is 11.7. The minimum Gasteiger partial charge on any atom is -0.478 e. The molecule has 0 fully saturated rings. The fourth-order valence-corrected chi connectivity index (χ4v) is 2.62. The Morgan fingerprint density at radius 3 is 2.57 bits per heavy atom. The molecule has 23 heavy (non-hydrogen) atoms. The average molecular weight is 349 g/mol. The summed E-state index contributed by atoms with van der Waals surface area (Å²) < 4.78 is 5.70. The number of ether oxygens (including phenoxy) is 1. The van der Waals surface area contributed by atoms with Crippen LogP contribution in [0.3, 0.4) is 0 Å². The molecule has 3 aromatic rings. The van der Waals surface area contributed by atoms with Gasteiger partial charge in [0.1, 0.15) is 12.9 Å². The van der Waals surface area contributed by atoms with E-state index in [1.165, 1.54) is 18.5 Å². The first kappa shape index (κ1) is 15.5. The molecule has 0 bridgehead atoms. The number of carboxylic acid groups (broad SMARTS) is 1. The number of carboxylic acids is 1. The Hall–Kier alpha value is -2.37. The third kappa shape index (κ3) is 3.36. The highest BCUT2D eigenvalue weighted by molar-refractivity contribution is 6.38. The third-order valence-electron chi connectivity index (χ3n) is 3.20. The fourth-order valence-electron chi connectivity index (χ4n) is 2.08. The Morgan fingerprint density at radius 2 is 1.87 bits per heavy atom. The number of aromatic nitrogens is 2. The summed E-state index contributed by atoms with van der Waals surface area (Å²) in [5.41, 5.74) is 1.59. The molecule has 0 aliphatic rings. The fraction of sp³-hybridized carbons (Fsp3) is 0.0625. The molecule has 7 heteroatoms. The molecule has 0 atom stereocenters. The van der Waals surface area contributed by atoms with E-state index in [1.807, 2.05) is 0 Å². The molecule has 1 heterocycles. The second kappa shape index (κ2) is 6.40. The summed E-state index contributed by atoms with van der Waals surface area (Å²) in [6.07, 6.45) is 1.37. The van der Waals surface area contributed by atoms with Crippen LogP contribution in [-0.2, 0) is 6.61 Å². The lowest BCUT2D eigenvalue weighted by Crippen LogP contribution is -2.00. The number of fused-ring (bicyclic) bond motifs is 1. The van der Waals surface area contributed by atoms with Crippen LogP contribution in [-0.4, -0.2) is 21.0 Å². The Labute approximate surface area is 141 Å². The van der Waals surface area contributed by atoms with E-state index in [0.717, 1.165) is 5.56 Å². The van der Waals surface area contributed by atoms with Crippen molar-refractivity contribution in [2.24, 2.45) is 0 Å². The van der Waals surface area contributed by atoms with Crippen molar-refractivity contribution in [2.45, 2.75) is 6.61 Å². The van der Waals surface area contributed by atoms with Crippen molar-refractivity contribution in [1.82, 2.24) is 9.97 Å². The summed E-state index contributed by atoms with van der Waals surface area (Å²) in [5.74, 6) is -0.606. The van der Waals surface area contributed by atoms with Gasteiger partial charge >= 0.3 is 5.97 Å². The summed E-state index contributed by atoms with van der Waals surface area (Å²) in [5, 5.41) is 10.4. The normalized spacial score (nSPS) is 10.7. The molecule has 0 unspecified atom stereocenters. The van der Waals surface area contributed by atoms with Crippen LogP contribution in [0.15, 0.2) is 42.7 Å². The van der Waals surface area contributed by atoms with Gasteiger partial charge < -0.3 is 9.84 Å². The van der Waals surface area contributed by atoms with E-state index in [0.29, 0.717) is 26.8 Å². The van der Waals surface area contributed by atoms with Gasteiger partial charge in [0.15, 0.2) is 0 Å². The molecule has 1 aromatic heterocycles. The van der Waals surface area contributed by atoms with Gasteiger partial charge in [0.05, 0.1) is 21.5 Å². The third-order valence-corrected chi connectivity index (χ3v) is 3.70. The number of carbonyl (C=O) groups is 1. The van der Waals surface area contributed by atoms with E-state index in [4.69, 9.17) is 33.0 Å². The van der Waals surface area contributed by atoms with Crippen molar-refractivity contribution >= 4 is 40.1 Å². The Bertz CT molecular complexity index is 882. The SMILES string of the molecule is O=C(O)c1ccc(COc2ncnc3c(Cl)cc(Cl)cc23)cc1. The standard InChI is InChI=1S/C16H10Cl2N2O3/c17-11-5-12-14(13(18)6-11)19-8-20-15(12)23-7-9-1-3-10(4-2-9)16(21)22/h1-6,8H,7H2,(H,21,22). The Balaban J connectivity index is 1.86. The van der Waals surface area contributed by atoms with Crippen LogP contribution in [0.1, 0.15) is 15.9 Å². The largest absolute Gasteiger partial charge is 0.478 e. The summed E-state index contributed by atoms with van der Waals surface area (Å²) in [4.78, 5) is 19.1. The molecule has 5 nitrogen and oxygen atoms in total. The van der Waals surface area contributed by atoms with Gasteiger partial charge in [0.2, 0.25) is 5.88 Å². The monoisotopic (exact) mass is 348 g/mol. The number of rotatable bonds is 4. The number of hydrogen-bond donors (Lipinski definition) is 1. The molecular formula is C16H10Cl2N2O3. The predicted molar refractivity (Wildman–Crippen MR) is 87.3 cm³/mol. The van der Waals surface area contributed by atoms with Crippen LogP contribution in [0, 0.1) is 0 Å². The van der Waals surface area contributed by atoms with Crippen LogP contribution < -0.4 is 4.74 Å². The van der Waals surface area contributed by atoms with Gasteiger partial charge in [-0.2, -0.15) is 0 Å². The van der Waals surface area contributed by atoms with E-state index in [9.17, 15) is 4.79 Å². The molecule has 0 saturated heterocycles. The van der Waals surface area contributed by atoms with Crippen molar-refractivity contribution < 1.29 is 14.6 Å². The van der Waals surface area contributed by atoms with Crippen molar-refractivity contribution in [3.8, 4) is 5.88 Å². The summed E-state index contributed by atoms with van der Waals surface area (Å²) >= 11 is 12.1. The molecule has 3 rings (SSSR count). The smallest absolute Gasteiger partial charge is 0.335 e. The molecular weight excluding hydrogens is 339 g/mol. The van der Waals surface area contributed by atoms with E-state index in [1.54, 1.807) is 24.3 Å². The second-order valence-electron chi connectivity index (χ2n) is 4.75. The van der Waals surface area contributed by atoms with Crippen LogP contribution in [0.25, 0.3) is 10.9 Å². The molecule has 0 amide bonds. The maximum Gasteiger partial charge on any atom is 0.335 e. The number of halogens is 2. The van der Waals surface area contributed by atoms with Crippen LogP contribution >= 0.6 is 23.2 Å². The zero-order chi connectivity index (χ0) is 16.4. The number of aromatic carboxylic acids is 1. The zero-order valence-corrected chi connectivity index (χ0v) is 13.2. The number of hydrogen-bond acceptors (Lipinski definition) is 4. The summed E-state index contributed by atoms with van der Waals surface area (Å²) in [6, 6.07) is 9.71. The Kier molecular flexibility index (Phi) is 4.32. The van der Waals surface area contributed by atoms with Gasteiger partial charge in [-0.15, -0.1) is 0 Å². The van der Waals surface area contributed by atoms with Crippen molar-refractivity contribution in [2.75, 3.05) is 0 Å². The lowest BCUT2D eigenvalue weighted by atomic mass is 10.1. The highest BCUT2D eigenvalue weighted by Gasteiger charge is 2.10. The van der Waals surface area contributed by atoms with Crippen LogP contribution in [0.2, 0.25) is 10.0 Å². The number of benzene rings is 2. The van der Waals surface area contributed by atoms with Gasteiger partial charge in [-0.25, -0.2) is 14.8 Å². The van der Waals surface area contributed by atoms with Gasteiger partial charge in [-0.3, -0.25) is 0 Å². The topological polar surface area (TPSA) is 72.3 Å². The quantitative estimate of drug-likeness (QED) is 0.764. The van der Waals surface area contributed by atoms with Crippen molar-refractivity contribution in [3.63, 3.8) is 0 Å². The molecule has 0 aliphatic heterocycles. The first-order chi connectivity index (χ1) is 11.0.